The second-order valence-electron chi connectivity index (χ2n) is 7.30. The van der Waals surface area contributed by atoms with Gasteiger partial charge in [-0.2, -0.15) is 0 Å². The number of aromatic nitrogens is 2. The van der Waals surface area contributed by atoms with Crippen molar-refractivity contribution in [1.82, 2.24) is 15.3 Å². The summed E-state index contributed by atoms with van der Waals surface area (Å²) < 4.78 is 0. The van der Waals surface area contributed by atoms with Crippen molar-refractivity contribution in [1.29, 1.82) is 0 Å². The number of nitrogens with one attached hydrogen (secondary N) is 3. The number of halogens is 2. The summed E-state index contributed by atoms with van der Waals surface area (Å²) in [5.74, 6) is 0.0516. The van der Waals surface area contributed by atoms with Crippen molar-refractivity contribution in [3.8, 4) is 11.1 Å². The molecule has 1 amide bonds. The van der Waals surface area contributed by atoms with E-state index in [2.05, 4.69) is 20.6 Å². The first kappa shape index (κ1) is 22.1. The van der Waals surface area contributed by atoms with Crippen LogP contribution < -0.4 is 10.6 Å². The summed E-state index contributed by atoms with van der Waals surface area (Å²) in [6.45, 7) is 2.92. The minimum Gasteiger partial charge on any atom is -0.394 e. The van der Waals surface area contributed by atoms with E-state index in [0.29, 0.717) is 38.2 Å². The predicted molar refractivity (Wildman–Crippen MR) is 118 cm³/mol. The Morgan fingerprint density at radius 3 is 2.70 bits per heavy atom. The van der Waals surface area contributed by atoms with Crippen molar-refractivity contribution in [2.24, 2.45) is 0 Å². The van der Waals surface area contributed by atoms with E-state index in [4.69, 9.17) is 23.2 Å². The van der Waals surface area contributed by atoms with Crippen LogP contribution in [-0.2, 0) is 0 Å². The zero-order valence-electron chi connectivity index (χ0n) is 16.4. The van der Waals surface area contributed by atoms with Crippen LogP contribution in [0.25, 0.3) is 11.1 Å². The van der Waals surface area contributed by atoms with Crippen molar-refractivity contribution in [2.75, 3.05) is 11.9 Å². The molecule has 9 heteroatoms. The fourth-order valence-corrected chi connectivity index (χ4v) is 3.33. The molecule has 1 atom stereocenters. The third-order valence-electron chi connectivity index (χ3n) is 4.27. The van der Waals surface area contributed by atoms with Gasteiger partial charge < -0.3 is 25.8 Å². The lowest BCUT2D eigenvalue weighted by molar-refractivity contribution is 0.0911. The van der Waals surface area contributed by atoms with Crippen molar-refractivity contribution in [3.63, 3.8) is 0 Å². The quantitative estimate of drug-likeness (QED) is 0.351. The Morgan fingerprint density at radius 1 is 1.27 bits per heavy atom. The second kappa shape index (κ2) is 9.06. The largest absolute Gasteiger partial charge is 0.394 e. The summed E-state index contributed by atoms with van der Waals surface area (Å²) in [5, 5.41) is 26.2. The van der Waals surface area contributed by atoms with E-state index < -0.39 is 11.8 Å². The number of aliphatic hydroxyl groups excluding tert-OH is 1. The first-order valence-corrected chi connectivity index (χ1v) is 9.94. The minimum atomic E-state index is -1.15. The van der Waals surface area contributed by atoms with Crippen LogP contribution in [-0.4, -0.2) is 38.4 Å². The van der Waals surface area contributed by atoms with Gasteiger partial charge in [0.1, 0.15) is 17.2 Å². The Bertz CT molecular complexity index is 1050. The third kappa shape index (κ3) is 5.52. The smallest absolute Gasteiger partial charge is 0.268 e. The summed E-state index contributed by atoms with van der Waals surface area (Å²) in [5.41, 5.74) is 1.16. The molecule has 3 aromatic rings. The standard InChI is InChI=1S/C21H22Cl2N4O3/c1-21(2,30)27-19-8-15(16(23)10-25-19)13-7-17(24-9-13)20(29)26-18(11-28)12-4-3-5-14(22)6-12/h3-10,18,24,28,30H,11H2,1-2H3,(H,25,27)(H,26,29). The number of pyridine rings is 1. The number of anilines is 1. The van der Waals surface area contributed by atoms with Gasteiger partial charge in [-0.1, -0.05) is 35.3 Å². The van der Waals surface area contributed by atoms with Crippen LogP contribution in [0.15, 0.2) is 48.8 Å². The lowest BCUT2D eigenvalue weighted by Gasteiger charge is -2.20. The van der Waals surface area contributed by atoms with Crippen LogP contribution in [0.4, 0.5) is 5.82 Å². The van der Waals surface area contributed by atoms with Crippen LogP contribution >= 0.6 is 23.2 Å². The summed E-state index contributed by atoms with van der Waals surface area (Å²) in [6, 6.07) is 9.68. The Labute approximate surface area is 184 Å². The van der Waals surface area contributed by atoms with Crippen LogP contribution in [0.3, 0.4) is 0 Å². The van der Waals surface area contributed by atoms with E-state index >= 15 is 0 Å². The number of hydrogen-bond donors (Lipinski definition) is 5. The Morgan fingerprint density at radius 2 is 2.03 bits per heavy atom. The molecule has 0 fully saturated rings. The third-order valence-corrected chi connectivity index (χ3v) is 4.80. The van der Waals surface area contributed by atoms with Crippen molar-refractivity contribution >= 4 is 34.9 Å². The molecule has 30 heavy (non-hydrogen) atoms. The first-order chi connectivity index (χ1) is 14.2. The minimum absolute atomic E-state index is 0.276. The highest BCUT2D eigenvalue weighted by molar-refractivity contribution is 6.33. The van der Waals surface area contributed by atoms with E-state index in [1.807, 2.05) is 0 Å². The summed E-state index contributed by atoms with van der Waals surface area (Å²) in [4.78, 5) is 19.8. The second-order valence-corrected chi connectivity index (χ2v) is 8.14. The number of nitrogens with zero attached hydrogens (tertiary/aromatic N) is 1. The molecule has 2 heterocycles. The van der Waals surface area contributed by atoms with Gasteiger partial charge in [0.15, 0.2) is 0 Å². The SMILES string of the molecule is CC(C)(O)Nc1cc(-c2c[nH]c(C(=O)NC(CO)c3cccc(Cl)c3)c2)c(Cl)cn1. The molecular formula is C21H22Cl2N4O3. The van der Waals surface area contributed by atoms with Gasteiger partial charge in [-0.15, -0.1) is 0 Å². The van der Waals surface area contributed by atoms with E-state index in [0.717, 1.165) is 0 Å². The molecule has 0 saturated carbocycles. The fourth-order valence-electron chi connectivity index (χ4n) is 2.92. The zero-order chi connectivity index (χ0) is 21.9. The van der Waals surface area contributed by atoms with Crippen molar-refractivity contribution in [3.05, 3.63) is 70.1 Å². The van der Waals surface area contributed by atoms with Gasteiger partial charge in [0.05, 0.1) is 17.7 Å². The van der Waals surface area contributed by atoms with Gasteiger partial charge in [0.25, 0.3) is 5.91 Å². The molecule has 3 rings (SSSR count). The fraction of sp³-hybridized carbons (Fsp3) is 0.238. The Balaban J connectivity index is 1.80. The van der Waals surface area contributed by atoms with Crippen LogP contribution in [0.5, 0.6) is 0 Å². The lowest BCUT2D eigenvalue weighted by atomic mass is 10.1. The maximum atomic E-state index is 12.7. The molecule has 0 aliphatic carbocycles. The summed E-state index contributed by atoms with van der Waals surface area (Å²) >= 11 is 12.3. The molecule has 158 valence electrons. The van der Waals surface area contributed by atoms with E-state index in [1.165, 1.54) is 6.20 Å². The molecular weight excluding hydrogens is 427 g/mol. The molecule has 2 aromatic heterocycles. The number of aliphatic hydroxyl groups is 2. The molecule has 5 N–H and O–H groups in total. The molecule has 0 spiro atoms. The normalized spacial score (nSPS) is 12.5. The highest BCUT2D eigenvalue weighted by atomic mass is 35.5. The number of carbonyl (C=O) groups is 1. The van der Waals surface area contributed by atoms with Gasteiger partial charge >= 0.3 is 0 Å². The number of hydrogen-bond acceptors (Lipinski definition) is 5. The van der Waals surface area contributed by atoms with Crippen molar-refractivity contribution < 1.29 is 15.0 Å². The number of carbonyl (C=O) groups excluding carboxylic acids is 1. The molecule has 0 aliphatic rings. The van der Waals surface area contributed by atoms with E-state index in [9.17, 15) is 15.0 Å². The van der Waals surface area contributed by atoms with Gasteiger partial charge in [-0.3, -0.25) is 4.79 Å². The highest BCUT2D eigenvalue weighted by Crippen LogP contribution is 2.30. The van der Waals surface area contributed by atoms with Gasteiger partial charge in [0, 0.05) is 28.5 Å². The number of amides is 1. The first-order valence-electron chi connectivity index (χ1n) is 9.18. The number of aromatic amines is 1. The monoisotopic (exact) mass is 448 g/mol. The highest BCUT2D eigenvalue weighted by Gasteiger charge is 2.18. The zero-order valence-corrected chi connectivity index (χ0v) is 17.9. The molecule has 0 saturated heterocycles. The molecule has 1 aromatic carbocycles. The number of rotatable bonds is 7. The van der Waals surface area contributed by atoms with Crippen LogP contribution in [0, 0.1) is 0 Å². The molecule has 7 nitrogen and oxygen atoms in total. The predicted octanol–water partition coefficient (Wildman–Crippen LogP) is 3.99. The summed E-state index contributed by atoms with van der Waals surface area (Å²) in [7, 11) is 0. The van der Waals surface area contributed by atoms with E-state index in [1.54, 1.807) is 56.4 Å². The maximum Gasteiger partial charge on any atom is 0.268 e. The van der Waals surface area contributed by atoms with Gasteiger partial charge in [-0.25, -0.2) is 4.98 Å². The molecule has 0 bridgehead atoms. The number of benzene rings is 1. The molecule has 1 unspecified atom stereocenters. The summed E-state index contributed by atoms with van der Waals surface area (Å²) in [6.07, 6.45) is 3.12. The average Bonchev–Trinajstić information content (AvgIpc) is 3.16. The Hall–Kier alpha value is -2.58. The van der Waals surface area contributed by atoms with Crippen LogP contribution in [0.1, 0.15) is 35.9 Å². The van der Waals surface area contributed by atoms with Gasteiger partial charge in [-0.05, 0) is 43.7 Å². The molecule has 0 aliphatic heterocycles. The van der Waals surface area contributed by atoms with E-state index in [-0.39, 0.29) is 12.5 Å². The Kier molecular flexibility index (Phi) is 6.67. The maximum absolute atomic E-state index is 12.7. The van der Waals surface area contributed by atoms with Crippen molar-refractivity contribution in [2.45, 2.75) is 25.6 Å². The average molecular weight is 449 g/mol. The number of H-pyrrole nitrogens is 1. The van der Waals surface area contributed by atoms with Crippen LogP contribution in [0.2, 0.25) is 10.0 Å². The lowest BCUT2D eigenvalue weighted by Crippen LogP contribution is -2.31. The topological polar surface area (TPSA) is 110 Å². The molecule has 0 radical (unpaired) electrons. The van der Waals surface area contributed by atoms with Gasteiger partial charge in [0.2, 0.25) is 0 Å².